The predicted molar refractivity (Wildman–Crippen MR) is 77.0 cm³/mol. The van der Waals surface area contributed by atoms with Gasteiger partial charge >= 0.3 is 5.97 Å². The maximum Gasteiger partial charge on any atom is 0.321 e. The van der Waals surface area contributed by atoms with Crippen molar-refractivity contribution in [3.05, 3.63) is 45.8 Å². The van der Waals surface area contributed by atoms with Crippen molar-refractivity contribution in [3.63, 3.8) is 0 Å². The van der Waals surface area contributed by atoms with Gasteiger partial charge < -0.3 is 9.52 Å². The molecule has 1 aromatic carbocycles. The van der Waals surface area contributed by atoms with E-state index in [1.807, 2.05) is 13.0 Å². The lowest BCUT2D eigenvalue weighted by molar-refractivity contribution is -0.138. The van der Waals surface area contributed by atoms with Gasteiger partial charge in [-0.2, -0.15) is 0 Å². The van der Waals surface area contributed by atoms with Crippen LogP contribution < -0.4 is 10.7 Å². The minimum atomic E-state index is -0.902. The normalized spacial score (nSPS) is 22.2. The molecule has 2 heterocycles. The van der Waals surface area contributed by atoms with Crippen molar-refractivity contribution in [3.8, 4) is 0 Å². The second-order valence-corrected chi connectivity index (χ2v) is 5.93. The summed E-state index contributed by atoms with van der Waals surface area (Å²) in [5.74, 6) is -0.466. The zero-order chi connectivity index (χ0) is 14.3. The third-order valence-corrected chi connectivity index (χ3v) is 4.57. The summed E-state index contributed by atoms with van der Waals surface area (Å²) in [7, 11) is 0. The quantitative estimate of drug-likeness (QED) is 0.879. The molecule has 2 atom stereocenters. The Labute approximate surface area is 119 Å². The van der Waals surface area contributed by atoms with E-state index < -0.39 is 12.0 Å². The molecular formula is C14H13NO4S. The number of thioether (sulfide) groups is 1. The number of rotatable bonds is 2. The first-order valence-electron chi connectivity index (χ1n) is 6.19. The van der Waals surface area contributed by atoms with Gasteiger partial charge in [0.2, 0.25) is 0 Å². The SMILES string of the molecule is Cc1ccc2occ([C@@H]3N[C@H](C(=O)O)CS3)c(=O)c2c1. The number of aryl methyl sites for hydroxylation is 1. The first kappa shape index (κ1) is 13.2. The Kier molecular flexibility index (Phi) is 3.27. The molecule has 2 aromatic rings. The molecule has 1 aromatic heterocycles. The molecule has 1 fully saturated rings. The Morgan fingerprint density at radius 1 is 1.50 bits per heavy atom. The van der Waals surface area contributed by atoms with Crippen molar-refractivity contribution in [2.75, 3.05) is 5.75 Å². The van der Waals surface area contributed by atoms with Crippen LogP contribution in [-0.2, 0) is 4.79 Å². The number of nitrogens with one attached hydrogen (secondary N) is 1. The van der Waals surface area contributed by atoms with Gasteiger partial charge in [-0.25, -0.2) is 0 Å². The van der Waals surface area contributed by atoms with E-state index in [2.05, 4.69) is 5.32 Å². The van der Waals surface area contributed by atoms with Crippen LogP contribution >= 0.6 is 11.8 Å². The Bertz CT molecular complexity index is 740. The van der Waals surface area contributed by atoms with Gasteiger partial charge in [0.15, 0.2) is 5.43 Å². The summed E-state index contributed by atoms with van der Waals surface area (Å²) in [6.07, 6.45) is 1.43. The van der Waals surface area contributed by atoms with Crippen molar-refractivity contribution in [2.45, 2.75) is 18.3 Å². The van der Waals surface area contributed by atoms with Crippen molar-refractivity contribution in [1.82, 2.24) is 5.32 Å². The van der Waals surface area contributed by atoms with E-state index in [0.29, 0.717) is 22.3 Å². The van der Waals surface area contributed by atoms with Gasteiger partial charge in [0.1, 0.15) is 17.9 Å². The molecule has 1 aliphatic heterocycles. The van der Waals surface area contributed by atoms with Crippen molar-refractivity contribution in [1.29, 1.82) is 0 Å². The lowest BCUT2D eigenvalue weighted by Crippen LogP contribution is -2.34. The van der Waals surface area contributed by atoms with Gasteiger partial charge in [-0.15, -0.1) is 11.8 Å². The topological polar surface area (TPSA) is 79.5 Å². The fraction of sp³-hybridized carbons (Fsp3) is 0.286. The van der Waals surface area contributed by atoms with Crippen LogP contribution in [0, 0.1) is 6.92 Å². The molecule has 2 N–H and O–H groups in total. The summed E-state index contributed by atoms with van der Waals surface area (Å²) in [5.41, 5.74) is 1.89. The van der Waals surface area contributed by atoms with Crippen molar-refractivity contribution >= 4 is 28.7 Å². The number of fused-ring (bicyclic) bond motifs is 1. The number of aliphatic carboxylic acids is 1. The average molecular weight is 291 g/mol. The van der Waals surface area contributed by atoms with E-state index in [4.69, 9.17) is 9.52 Å². The standard InChI is InChI=1S/C14H13NO4S/c1-7-2-3-11-8(4-7)12(16)9(5-19-11)13-15-10(6-20-13)14(17)18/h2-5,10,13,15H,6H2,1H3,(H,17,18)/t10-,13+/m0/s1. The first-order valence-corrected chi connectivity index (χ1v) is 7.23. The predicted octanol–water partition coefficient (Wildman–Crippen LogP) is 1.89. The molecule has 1 saturated heterocycles. The van der Waals surface area contributed by atoms with E-state index in [0.717, 1.165) is 5.56 Å². The Morgan fingerprint density at radius 3 is 3.00 bits per heavy atom. The summed E-state index contributed by atoms with van der Waals surface area (Å²) in [6, 6.07) is 4.82. The Hall–Kier alpha value is -1.79. The van der Waals surface area contributed by atoms with Crippen LogP contribution in [0.1, 0.15) is 16.5 Å². The summed E-state index contributed by atoms with van der Waals surface area (Å²) in [4.78, 5) is 23.4. The van der Waals surface area contributed by atoms with Crippen LogP contribution in [0.25, 0.3) is 11.0 Å². The van der Waals surface area contributed by atoms with Crippen LogP contribution in [-0.4, -0.2) is 22.9 Å². The van der Waals surface area contributed by atoms with E-state index in [1.165, 1.54) is 18.0 Å². The summed E-state index contributed by atoms with van der Waals surface area (Å²) in [5, 5.41) is 12.1. The highest BCUT2D eigenvalue weighted by Crippen LogP contribution is 2.32. The third kappa shape index (κ3) is 2.21. The van der Waals surface area contributed by atoms with E-state index >= 15 is 0 Å². The van der Waals surface area contributed by atoms with Gasteiger partial charge in [0.25, 0.3) is 0 Å². The molecule has 0 aliphatic carbocycles. The van der Waals surface area contributed by atoms with Crippen LogP contribution in [0.3, 0.4) is 0 Å². The maximum absolute atomic E-state index is 12.5. The van der Waals surface area contributed by atoms with Gasteiger partial charge in [-0.05, 0) is 19.1 Å². The molecule has 6 heteroatoms. The molecule has 1 aliphatic rings. The molecule has 0 spiro atoms. The minimum Gasteiger partial charge on any atom is -0.480 e. The zero-order valence-electron chi connectivity index (χ0n) is 10.8. The lowest BCUT2D eigenvalue weighted by Gasteiger charge is -2.10. The Balaban J connectivity index is 2.03. The number of carboxylic acid groups (broad SMARTS) is 1. The zero-order valence-corrected chi connectivity index (χ0v) is 11.6. The maximum atomic E-state index is 12.5. The van der Waals surface area contributed by atoms with Crippen LogP contribution in [0.15, 0.2) is 33.7 Å². The second kappa shape index (κ2) is 4.96. The minimum absolute atomic E-state index is 0.106. The van der Waals surface area contributed by atoms with Gasteiger partial charge in [0.05, 0.1) is 16.3 Å². The summed E-state index contributed by atoms with van der Waals surface area (Å²) >= 11 is 1.41. The number of hydrogen-bond donors (Lipinski definition) is 2. The highest BCUT2D eigenvalue weighted by Gasteiger charge is 2.32. The fourth-order valence-electron chi connectivity index (χ4n) is 2.23. The average Bonchev–Trinajstić information content (AvgIpc) is 2.89. The van der Waals surface area contributed by atoms with Gasteiger partial charge in [-0.1, -0.05) is 11.6 Å². The molecule has 3 rings (SSSR count). The highest BCUT2D eigenvalue weighted by molar-refractivity contribution is 7.99. The van der Waals surface area contributed by atoms with E-state index in [-0.39, 0.29) is 10.8 Å². The first-order chi connectivity index (χ1) is 9.56. The molecule has 0 radical (unpaired) electrons. The van der Waals surface area contributed by atoms with Gasteiger partial charge in [0, 0.05) is 5.75 Å². The molecule has 0 bridgehead atoms. The second-order valence-electron chi connectivity index (χ2n) is 4.79. The molecule has 0 amide bonds. The number of hydrogen-bond acceptors (Lipinski definition) is 5. The molecule has 20 heavy (non-hydrogen) atoms. The van der Waals surface area contributed by atoms with Crippen LogP contribution in [0.4, 0.5) is 0 Å². The van der Waals surface area contributed by atoms with E-state index in [1.54, 1.807) is 12.1 Å². The third-order valence-electron chi connectivity index (χ3n) is 3.32. The Morgan fingerprint density at radius 2 is 2.30 bits per heavy atom. The highest BCUT2D eigenvalue weighted by atomic mass is 32.2. The van der Waals surface area contributed by atoms with E-state index in [9.17, 15) is 9.59 Å². The largest absolute Gasteiger partial charge is 0.480 e. The molecule has 104 valence electrons. The number of benzene rings is 1. The van der Waals surface area contributed by atoms with Crippen LogP contribution in [0.5, 0.6) is 0 Å². The number of carbonyl (C=O) groups is 1. The summed E-state index contributed by atoms with van der Waals surface area (Å²) in [6.45, 7) is 1.91. The van der Waals surface area contributed by atoms with Crippen molar-refractivity contribution in [2.24, 2.45) is 0 Å². The molecular weight excluding hydrogens is 278 g/mol. The van der Waals surface area contributed by atoms with Gasteiger partial charge in [-0.3, -0.25) is 14.9 Å². The molecule has 0 saturated carbocycles. The fourth-order valence-corrected chi connectivity index (χ4v) is 3.46. The van der Waals surface area contributed by atoms with Crippen molar-refractivity contribution < 1.29 is 14.3 Å². The number of carboxylic acids is 1. The monoisotopic (exact) mass is 291 g/mol. The smallest absolute Gasteiger partial charge is 0.321 e. The molecule has 5 nitrogen and oxygen atoms in total. The molecule has 0 unspecified atom stereocenters. The lowest BCUT2D eigenvalue weighted by atomic mass is 10.1. The summed E-state index contributed by atoms with van der Waals surface area (Å²) < 4.78 is 5.49. The van der Waals surface area contributed by atoms with Crippen LogP contribution in [0.2, 0.25) is 0 Å².